The number of carbonyl (C=O) groups is 1. The van der Waals surface area contributed by atoms with Gasteiger partial charge < -0.3 is 15.2 Å². The van der Waals surface area contributed by atoms with Crippen LogP contribution in [0.1, 0.15) is 26.2 Å². The third-order valence-electron chi connectivity index (χ3n) is 1.61. The van der Waals surface area contributed by atoms with Crippen LogP contribution < -0.4 is 5.73 Å². The monoisotopic (exact) mass is 189 g/mol. The first kappa shape index (κ1) is 12.4. The summed E-state index contributed by atoms with van der Waals surface area (Å²) in [5.74, 6) is -0.307. The molecule has 1 unspecified atom stereocenters. The lowest BCUT2D eigenvalue weighted by Crippen LogP contribution is -2.32. The molecule has 0 aromatic carbocycles. The van der Waals surface area contributed by atoms with Crippen LogP contribution in [-0.4, -0.2) is 32.3 Å². The van der Waals surface area contributed by atoms with Crippen molar-refractivity contribution >= 4 is 5.97 Å². The van der Waals surface area contributed by atoms with Crippen molar-refractivity contribution in [1.82, 2.24) is 0 Å². The smallest absolute Gasteiger partial charge is 0.322 e. The first-order valence-corrected chi connectivity index (χ1v) is 4.63. The molecular weight excluding hydrogens is 170 g/mol. The van der Waals surface area contributed by atoms with Gasteiger partial charge in [0.05, 0.1) is 6.61 Å². The highest BCUT2D eigenvalue weighted by Gasteiger charge is 2.13. The van der Waals surface area contributed by atoms with Gasteiger partial charge in [-0.3, -0.25) is 4.79 Å². The maximum atomic E-state index is 11.1. The normalized spacial score (nSPS) is 12.5. The Balaban J connectivity index is 3.45. The highest BCUT2D eigenvalue weighted by Crippen LogP contribution is 1.97. The SMILES string of the molecule is CCCOC(=O)C(N)CCCOC. The van der Waals surface area contributed by atoms with E-state index >= 15 is 0 Å². The molecule has 4 nitrogen and oxygen atoms in total. The fourth-order valence-electron chi connectivity index (χ4n) is 0.875. The quantitative estimate of drug-likeness (QED) is 0.473. The summed E-state index contributed by atoms with van der Waals surface area (Å²) in [6.07, 6.45) is 2.24. The Morgan fingerprint density at radius 2 is 2.15 bits per heavy atom. The third kappa shape index (κ3) is 6.54. The molecule has 0 radical (unpaired) electrons. The molecule has 0 rings (SSSR count). The fraction of sp³-hybridized carbons (Fsp3) is 0.889. The standard InChI is InChI=1S/C9H19NO3/c1-3-6-13-9(11)8(10)5-4-7-12-2/h8H,3-7,10H2,1-2H3. The summed E-state index contributed by atoms with van der Waals surface area (Å²) in [6, 6.07) is -0.498. The van der Waals surface area contributed by atoms with E-state index < -0.39 is 6.04 Å². The van der Waals surface area contributed by atoms with Gasteiger partial charge in [-0.2, -0.15) is 0 Å². The van der Waals surface area contributed by atoms with E-state index in [0.29, 0.717) is 19.6 Å². The van der Waals surface area contributed by atoms with E-state index in [4.69, 9.17) is 15.2 Å². The number of nitrogens with two attached hydrogens (primary N) is 1. The minimum absolute atomic E-state index is 0.307. The molecule has 13 heavy (non-hydrogen) atoms. The second-order valence-electron chi connectivity index (χ2n) is 2.91. The second kappa shape index (κ2) is 8.01. The summed E-state index contributed by atoms with van der Waals surface area (Å²) in [6.45, 7) is 3.04. The lowest BCUT2D eigenvalue weighted by molar-refractivity contribution is -0.145. The van der Waals surface area contributed by atoms with Crippen LogP contribution in [0.2, 0.25) is 0 Å². The van der Waals surface area contributed by atoms with Gasteiger partial charge in [0.1, 0.15) is 6.04 Å². The molecule has 0 fully saturated rings. The highest BCUT2D eigenvalue weighted by molar-refractivity contribution is 5.75. The Labute approximate surface area is 79.4 Å². The summed E-state index contributed by atoms with van der Waals surface area (Å²) < 4.78 is 9.72. The van der Waals surface area contributed by atoms with Crippen LogP contribution in [-0.2, 0) is 14.3 Å². The van der Waals surface area contributed by atoms with E-state index in [1.54, 1.807) is 7.11 Å². The van der Waals surface area contributed by atoms with Gasteiger partial charge in [-0.25, -0.2) is 0 Å². The molecule has 0 saturated heterocycles. The highest BCUT2D eigenvalue weighted by atomic mass is 16.5. The molecule has 0 heterocycles. The molecule has 0 amide bonds. The molecule has 78 valence electrons. The van der Waals surface area contributed by atoms with Crippen molar-refractivity contribution in [3.8, 4) is 0 Å². The van der Waals surface area contributed by atoms with Crippen LogP contribution in [0.15, 0.2) is 0 Å². The van der Waals surface area contributed by atoms with E-state index in [1.807, 2.05) is 6.92 Å². The Hall–Kier alpha value is -0.610. The number of rotatable bonds is 7. The van der Waals surface area contributed by atoms with Gasteiger partial charge >= 0.3 is 5.97 Å². The Kier molecular flexibility index (Phi) is 7.63. The van der Waals surface area contributed by atoms with Crippen LogP contribution in [0.25, 0.3) is 0 Å². The second-order valence-corrected chi connectivity index (χ2v) is 2.91. The molecule has 0 aliphatic rings. The van der Waals surface area contributed by atoms with E-state index in [-0.39, 0.29) is 5.97 Å². The molecule has 0 aliphatic carbocycles. The maximum absolute atomic E-state index is 11.1. The van der Waals surface area contributed by atoms with E-state index in [1.165, 1.54) is 0 Å². The first-order valence-electron chi connectivity index (χ1n) is 4.63. The molecule has 1 atom stereocenters. The predicted octanol–water partition coefficient (Wildman–Crippen LogP) is 0.694. The molecule has 2 N–H and O–H groups in total. The van der Waals surface area contributed by atoms with Crippen LogP contribution in [0, 0.1) is 0 Å². The summed E-state index contributed by atoms with van der Waals surface area (Å²) in [4.78, 5) is 11.1. The molecular formula is C9H19NO3. The van der Waals surface area contributed by atoms with Crippen molar-refractivity contribution in [3.63, 3.8) is 0 Å². The van der Waals surface area contributed by atoms with Gasteiger partial charge in [0, 0.05) is 13.7 Å². The Morgan fingerprint density at radius 1 is 1.46 bits per heavy atom. The topological polar surface area (TPSA) is 61.5 Å². The molecule has 0 bridgehead atoms. The van der Waals surface area contributed by atoms with Gasteiger partial charge in [-0.1, -0.05) is 6.92 Å². The Morgan fingerprint density at radius 3 is 2.69 bits per heavy atom. The van der Waals surface area contributed by atoms with Crippen LogP contribution >= 0.6 is 0 Å². The first-order chi connectivity index (χ1) is 6.22. The van der Waals surface area contributed by atoms with Gasteiger partial charge in [0.15, 0.2) is 0 Å². The largest absolute Gasteiger partial charge is 0.465 e. The lowest BCUT2D eigenvalue weighted by Gasteiger charge is -2.10. The molecule has 4 heteroatoms. The van der Waals surface area contributed by atoms with E-state index in [0.717, 1.165) is 12.8 Å². The van der Waals surface area contributed by atoms with Gasteiger partial charge in [-0.15, -0.1) is 0 Å². The van der Waals surface area contributed by atoms with Gasteiger partial charge in [0.25, 0.3) is 0 Å². The molecule has 0 spiro atoms. The van der Waals surface area contributed by atoms with Crippen molar-refractivity contribution in [2.75, 3.05) is 20.3 Å². The third-order valence-corrected chi connectivity index (χ3v) is 1.61. The van der Waals surface area contributed by atoms with Crippen molar-refractivity contribution < 1.29 is 14.3 Å². The van der Waals surface area contributed by atoms with E-state index in [9.17, 15) is 4.79 Å². The summed E-state index contributed by atoms with van der Waals surface area (Å²) in [5.41, 5.74) is 5.57. The van der Waals surface area contributed by atoms with E-state index in [2.05, 4.69) is 0 Å². The lowest BCUT2D eigenvalue weighted by atomic mass is 10.2. The van der Waals surface area contributed by atoms with Crippen molar-refractivity contribution in [1.29, 1.82) is 0 Å². The van der Waals surface area contributed by atoms with Gasteiger partial charge in [-0.05, 0) is 19.3 Å². The number of methoxy groups -OCH3 is 1. The zero-order valence-corrected chi connectivity index (χ0v) is 8.41. The fourth-order valence-corrected chi connectivity index (χ4v) is 0.875. The number of hydrogen-bond donors (Lipinski definition) is 1. The van der Waals surface area contributed by atoms with Crippen molar-refractivity contribution in [2.45, 2.75) is 32.2 Å². The van der Waals surface area contributed by atoms with Crippen molar-refractivity contribution in [3.05, 3.63) is 0 Å². The van der Waals surface area contributed by atoms with Gasteiger partial charge in [0.2, 0.25) is 0 Å². The molecule has 0 aliphatic heterocycles. The van der Waals surface area contributed by atoms with Crippen LogP contribution in [0.4, 0.5) is 0 Å². The number of ether oxygens (including phenoxy) is 2. The van der Waals surface area contributed by atoms with Crippen LogP contribution in [0.5, 0.6) is 0 Å². The molecule has 0 aromatic heterocycles. The zero-order chi connectivity index (χ0) is 10.1. The number of carbonyl (C=O) groups excluding carboxylic acids is 1. The minimum atomic E-state index is -0.498. The summed E-state index contributed by atoms with van der Waals surface area (Å²) in [7, 11) is 1.63. The Bertz CT molecular complexity index is 139. The average Bonchev–Trinajstić information content (AvgIpc) is 2.14. The number of esters is 1. The summed E-state index contributed by atoms with van der Waals surface area (Å²) in [5, 5.41) is 0. The van der Waals surface area contributed by atoms with Crippen LogP contribution in [0.3, 0.4) is 0 Å². The average molecular weight is 189 g/mol. The molecule has 0 saturated carbocycles. The van der Waals surface area contributed by atoms with Crippen molar-refractivity contribution in [2.24, 2.45) is 5.73 Å². The number of hydrogen-bond acceptors (Lipinski definition) is 4. The maximum Gasteiger partial charge on any atom is 0.322 e. The molecule has 0 aromatic rings. The minimum Gasteiger partial charge on any atom is -0.465 e. The predicted molar refractivity (Wildman–Crippen MR) is 50.3 cm³/mol. The summed E-state index contributed by atoms with van der Waals surface area (Å²) >= 11 is 0. The zero-order valence-electron chi connectivity index (χ0n) is 8.41.